The lowest BCUT2D eigenvalue weighted by Gasteiger charge is -2.03. The topological polar surface area (TPSA) is 76.8 Å². The first kappa shape index (κ1) is 9.51. The standard InChI is InChI=1S/C10H12N4O/c1-6-5-12-9(4-8(6)11)15-10-3-7(2)13-14-10/h3-5H,1-2H3,(H2,11,12)(H,13,14). The zero-order valence-electron chi connectivity index (χ0n) is 8.61. The molecule has 0 aromatic carbocycles. The fourth-order valence-electron chi connectivity index (χ4n) is 1.13. The average molecular weight is 204 g/mol. The van der Waals surface area contributed by atoms with Crippen molar-refractivity contribution in [1.29, 1.82) is 0 Å². The van der Waals surface area contributed by atoms with Crippen LogP contribution in [0.2, 0.25) is 0 Å². The van der Waals surface area contributed by atoms with Crippen molar-refractivity contribution in [3.8, 4) is 11.8 Å². The number of rotatable bonds is 2. The van der Waals surface area contributed by atoms with Crippen molar-refractivity contribution in [3.63, 3.8) is 0 Å². The maximum Gasteiger partial charge on any atom is 0.240 e. The molecule has 0 bridgehead atoms. The van der Waals surface area contributed by atoms with Gasteiger partial charge in [0.05, 0.1) is 0 Å². The molecule has 0 atom stereocenters. The summed E-state index contributed by atoms with van der Waals surface area (Å²) in [5, 5.41) is 6.72. The van der Waals surface area contributed by atoms with Crippen LogP contribution in [0, 0.1) is 13.8 Å². The van der Waals surface area contributed by atoms with E-state index in [2.05, 4.69) is 15.2 Å². The van der Waals surface area contributed by atoms with Crippen molar-refractivity contribution in [2.24, 2.45) is 0 Å². The minimum absolute atomic E-state index is 0.449. The van der Waals surface area contributed by atoms with Crippen LogP contribution in [0.25, 0.3) is 0 Å². The third-order valence-corrected chi connectivity index (χ3v) is 2.01. The molecule has 2 aromatic rings. The SMILES string of the molecule is Cc1cc(Oc2cc(N)c(C)cn2)n[nH]1. The molecule has 2 heterocycles. The van der Waals surface area contributed by atoms with Crippen LogP contribution in [0.15, 0.2) is 18.3 Å². The van der Waals surface area contributed by atoms with Crippen LogP contribution in [-0.4, -0.2) is 15.2 Å². The lowest BCUT2D eigenvalue weighted by atomic mass is 10.3. The van der Waals surface area contributed by atoms with Gasteiger partial charge in [-0.05, 0) is 19.4 Å². The molecule has 5 heteroatoms. The van der Waals surface area contributed by atoms with E-state index in [0.29, 0.717) is 17.4 Å². The third kappa shape index (κ3) is 2.07. The molecule has 2 rings (SSSR count). The number of nitrogen functional groups attached to an aromatic ring is 1. The van der Waals surface area contributed by atoms with Crippen molar-refractivity contribution in [3.05, 3.63) is 29.6 Å². The highest BCUT2D eigenvalue weighted by Gasteiger charge is 2.03. The van der Waals surface area contributed by atoms with Gasteiger partial charge in [-0.1, -0.05) is 0 Å². The van der Waals surface area contributed by atoms with Crippen molar-refractivity contribution >= 4 is 5.69 Å². The largest absolute Gasteiger partial charge is 0.419 e. The van der Waals surface area contributed by atoms with Gasteiger partial charge in [-0.15, -0.1) is 5.10 Å². The summed E-state index contributed by atoms with van der Waals surface area (Å²) in [5.41, 5.74) is 8.26. The molecule has 2 aromatic heterocycles. The van der Waals surface area contributed by atoms with Crippen molar-refractivity contribution in [2.45, 2.75) is 13.8 Å². The Bertz CT molecular complexity index is 478. The maximum absolute atomic E-state index is 5.73. The second kappa shape index (κ2) is 3.61. The Morgan fingerprint density at radius 2 is 2.07 bits per heavy atom. The highest BCUT2D eigenvalue weighted by molar-refractivity contribution is 5.47. The summed E-state index contributed by atoms with van der Waals surface area (Å²) in [6, 6.07) is 3.47. The first-order chi connectivity index (χ1) is 7.15. The second-order valence-electron chi connectivity index (χ2n) is 3.37. The van der Waals surface area contributed by atoms with Crippen LogP contribution < -0.4 is 10.5 Å². The van der Waals surface area contributed by atoms with Crippen LogP contribution in [0.3, 0.4) is 0 Å². The van der Waals surface area contributed by atoms with Crippen molar-refractivity contribution in [1.82, 2.24) is 15.2 Å². The highest BCUT2D eigenvalue weighted by Crippen LogP contribution is 2.20. The number of aryl methyl sites for hydroxylation is 2. The number of anilines is 1. The molecule has 15 heavy (non-hydrogen) atoms. The van der Waals surface area contributed by atoms with E-state index in [9.17, 15) is 0 Å². The molecule has 5 nitrogen and oxygen atoms in total. The van der Waals surface area contributed by atoms with E-state index in [1.807, 2.05) is 13.8 Å². The Labute approximate surface area is 87.3 Å². The minimum Gasteiger partial charge on any atom is -0.419 e. The Balaban J connectivity index is 2.21. The lowest BCUT2D eigenvalue weighted by Crippen LogP contribution is -1.94. The van der Waals surface area contributed by atoms with Crippen LogP contribution in [-0.2, 0) is 0 Å². The summed E-state index contributed by atoms with van der Waals surface area (Å²) in [7, 11) is 0. The summed E-state index contributed by atoms with van der Waals surface area (Å²) in [6.45, 7) is 3.79. The summed E-state index contributed by atoms with van der Waals surface area (Å²) < 4.78 is 5.40. The maximum atomic E-state index is 5.73. The van der Waals surface area contributed by atoms with Crippen LogP contribution in [0.5, 0.6) is 11.8 Å². The van der Waals surface area contributed by atoms with Gasteiger partial charge >= 0.3 is 0 Å². The fourth-order valence-corrected chi connectivity index (χ4v) is 1.13. The smallest absolute Gasteiger partial charge is 0.240 e. The van der Waals surface area contributed by atoms with E-state index in [1.165, 1.54) is 0 Å². The second-order valence-corrected chi connectivity index (χ2v) is 3.37. The Morgan fingerprint density at radius 1 is 1.27 bits per heavy atom. The zero-order chi connectivity index (χ0) is 10.8. The number of aromatic amines is 1. The molecule has 0 unspecified atom stereocenters. The number of ether oxygens (including phenoxy) is 1. The van der Waals surface area contributed by atoms with Gasteiger partial charge in [0, 0.05) is 29.7 Å². The van der Waals surface area contributed by atoms with E-state index >= 15 is 0 Å². The monoisotopic (exact) mass is 204 g/mol. The van der Waals surface area contributed by atoms with Crippen LogP contribution >= 0.6 is 0 Å². The van der Waals surface area contributed by atoms with E-state index in [-0.39, 0.29) is 0 Å². The lowest BCUT2D eigenvalue weighted by molar-refractivity contribution is 0.443. The fraction of sp³-hybridized carbons (Fsp3) is 0.200. The molecular formula is C10H12N4O. The summed E-state index contributed by atoms with van der Waals surface area (Å²) in [6.07, 6.45) is 1.67. The Hall–Kier alpha value is -2.04. The third-order valence-electron chi connectivity index (χ3n) is 2.01. The molecule has 0 spiro atoms. The van der Waals surface area contributed by atoms with E-state index in [4.69, 9.17) is 10.5 Å². The molecule has 0 aliphatic rings. The predicted molar refractivity (Wildman–Crippen MR) is 56.8 cm³/mol. The molecule has 0 saturated carbocycles. The molecule has 78 valence electrons. The van der Waals surface area contributed by atoms with E-state index in [0.717, 1.165) is 11.3 Å². The van der Waals surface area contributed by atoms with E-state index in [1.54, 1.807) is 18.3 Å². The van der Waals surface area contributed by atoms with Gasteiger partial charge in [0.15, 0.2) is 0 Å². The molecule has 0 aliphatic carbocycles. The molecule has 3 N–H and O–H groups in total. The molecule has 0 amide bonds. The number of pyridine rings is 1. The van der Waals surface area contributed by atoms with Crippen LogP contribution in [0.4, 0.5) is 5.69 Å². The van der Waals surface area contributed by atoms with Crippen molar-refractivity contribution in [2.75, 3.05) is 5.73 Å². The zero-order valence-corrected chi connectivity index (χ0v) is 8.61. The summed E-state index contributed by atoms with van der Waals surface area (Å²) >= 11 is 0. The van der Waals surface area contributed by atoms with Gasteiger partial charge in [0.1, 0.15) is 0 Å². The summed E-state index contributed by atoms with van der Waals surface area (Å²) in [4.78, 5) is 4.09. The summed E-state index contributed by atoms with van der Waals surface area (Å²) in [5.74, 6) is 0.938. The predicted octanol–water partition coefficient (Wildman–Crippen LogP) is 1.80. The highest BCUT2D eigenvalue weighted by atomic mass is 16.5. The number of nitrogens with two attached hydrogens (primary N) is 1. The van der Waals surface area contributed by atoms with Gasteiger partial charge in [0.2, 0.25) is 11.8 Å². The molecule has 0 fully saturated rings. The molecule has 0 radical (unpaired) electrons. The van der Waals surface area contributed by atoms with E-state index < -0.39 is 0 Å². The number of H-pyrrole nitrogens is 1. The minimum atomic E-state index is 0.449. The average Bonchev–Trinajstić information content (AvgIpc) is 2.58. The normalized spacial score (nSPS) is 10.3. The number of nitrogens with one attached hydrogen (secondary N) is 1. The van der Waals surface area contributed by atoms with Gasteiger partial charge in [-0.25, -0.2) is 4.98 Å². The van der Waals surface area contributed by atoms with Crippen LogP contribution in [0.1, 0.15) is 11.3 Å². The van der Waals surface area contributed by atoms with Gasteiger partial charge in [0.25, 0.3) is 0 Å². The molecular weight excluding hydrogens is 192 g/mol. The van der Waals surface area contributed by atoms with Gasteiger partial charge in [-0.2, -0.15) is 0 Å². The van der Waals surface area contributed by atoms with Gasteiger partial charge < -0.3 is 10.5 Å². The van der Waals surface area contributed by atoms with Gasteiger partial charge in [-0.3, -0.25) is 5.10 Å². The number of aromatic nitrogens is 3. The molecule has 0 aliphatic heterocycles. The van der Waals surface area contributed by atoms with Crippen molar-refractivity contribution < 1.29 is 4.74 Å². The Kier molecular flexibility index (Phi) is 2.29. The quantitative estimate of drug-likeness (QED) is 0.781. The number of nitrogens with zero attached hydrogens (tertiary/aromatic N) is 2. The Morgan fingerprint density at radius 3 is 2.67 bits per heavy atom. The number of hydrogen-bond acceptors (Lipinski definition) is 4. The number of hydrogen-bond donors (Lipinski definition) is 2. The first-order valence-electron chi connectivity index (χ1n) is 4.57. The molecule has 0 saturated heterocycles. The first-order valence-corrected chi connectivity index (χ1v) is 4.57.